The van der Waals surface area contributed by atoms with Crippen LogP contribution >= 0.6 is 0 Å². The van der Waals surface area contributed by atoms with Crippen molar-refractivity contribution in [3.63, 3.8) is 0 Å². The molecule has 0 spiro atoms. The minimum Gasteiger partial charge on any atom is -0.495 e. The first-order chi connectivity index (χ1) is 29.0. The molecular formula is C47H54N6O8. The molecule has 0 bridgehead atoms. The number of nitrogens with one attached hydrogen (secondary N) is 2. The smallest absolute Gasteiger partial charge is 0.262 e. The Morgan fingerprint density at radius 1 is 0.918 bits per heavy atom. The number of benzene rings is 3. The molecule has 320 valence electrons. The summed E-state index contributed by atoms with van der Waals surface area (Å²) >= 11 is 0. The summed E-state index contributed by atoms with van der Waals surface area (Å²) in [7, 11) is 1.53. The average Bonchev–Trinajstić information content (AvgIpc) is 3.44. The lowest BCUT2D eigenvalue weighted by Gasteiger charge is -2.63. The van der Waals surface area contributed by atoms with Crippen LogP contribution in [0.25, 0.3) is 0 Å². The Morgan fingerprint density at radius 3 is 2.21 bits per heavy atom. The third kappa shape index (κ3) is 7.58. The molecule has 14 heteroatoms. The van der Waals surface area contributed by atoms with Gasteiger partial charge in [-0.25, -0.2) is 0 Å². The van der Waals surface area contributed by atoms with E-state index >= 15 is 0 Å². The molecule has 5 amide bonds. The molecule has 5 aliphatic rings. The number of imide groups is 2. The molecule has 3 aromatic carbocycles. The largest absolute Gasteiger partial charge is 0.495 e. The fraction of sp³-hybridized carbons (Fsp3) is 0.489. The van der Waals surface area contributed by atoms with Gasteiger partial charge in [-0.05, 0) is 74.9 Å². The zero-order chi connectivity index (χ0) is 43.5. The van der Waals surface area contributed by atoms with Crippen LogP contribution in [-0.2, 0) is 9.59 Å². The van der Waals surface area contributed by atoms with E-state index in [1.54, 1.807) is 36.4 Å². The van der Waals surface area contributed by atoms with Crippen LogP contribution in [0.15, 0.2) is 60.7 Å². The van der Waals surface area contributed by atoms with E-state index < -0.39 is 29.7 Å². The first-order valence-corrected chi connectivity index (χ1v) is 21.2. The van der Waals surface area contributed by atoms with Crippen LogP contribution in [0.1, 0.15) is 104 Å². The van der Waals surface area contributed by atoms with Crippen molar-refractivity contribution >= 4 is 35.2 Å². The number of amides is 5. The van der Waals surface area contributed by atoms with Gasteiger partial charge in [-0.1, -0.05) is 27.7 Å². The van der Waals surface area contributed by atoms with Crippen LogP contribution < -0.4 is 29.7 Å². The van der Waals surface area contributed by atoms with Crippen molar-refractivity contribution in [3.8, 4) is 23.3 Å². The molecule has 2 aliphatic carbocycles. The van der Waals surface area contributed by atoms with Gasteiger partial charge in [0.25, 0.3) is 17.7 Å². The molecule has 0 radical (unpaired) electrons. The van der Waals surface area contributed by atoms with Crippen LogP contribution in [0.4, 0.5) is 5.69 Å². The standard InChI is InChI=1S/C47H54N6O8/c1-26(2)52(31-18-34(19-31)60-32-14-15-35-36(20-32)43(58)53(42(35)57)37-16-17-39(54)49-41(37)56)25-27-23-51(24-27)30-11-8-28(9-12-30)40(55)50-44-46(3,4)45(47(44,5)6)61-33-13-10-29(22-48)38(21-33)59-7/h8-15,20-21,26-27,31,34,37,44-45H,16-19,23-25H2,1-7H3,(H,50,55)(H,49,54,56)/t31?,34?,37-,44?,45?/m1/s1. The summed E-state index contributed by atoms with van der Waals surface area (Å²) in [6.07, 6.45) is 1.67. The third-order valence-electron chi connectivity index (χ3n) is 13.5. The van der Waals surface area contributed by atoms with E-state index in [1.807, 2.05) is 24.3 Å². The Hall–Kier alpha value is -5.94. The second kappa shape index (κ2) is 15.8. The van der Waals surface area contributed by atoms with Gasteiger partial charge in [-0.15, -0.1) is 0 Å². The molecule has 0 unspecified atom stereocenters. The number of rotatable bonds is 13. The highest BCUT2D eigenvalue weighted by Crippen LogP contribution is 2.55. The SMILES string of the molecule is COc1cc(OC2C(C)(C)C(NC(=O)c3ccc(N4CC(CN(C(C)C)C5CC(Oc6ccc7c(c6)C(=O)N([C@@H]6CCC(=O)NC6=O)C7=O)C5)C4)cc3)C2(C)C)ccc1C#N. The molecule has 61 heavy (non-hydrogen) atoms. The molecule has 3 aliphatic heterocycles. The maximum absolute atomic E-state index is 13.5. The Kier molecular flexibility index (Phi) is 10.8. The number of piperidine rings is 1. The number of hydrogen-bond acceptors (Lipinski definition) is 11. The minimum atomic E-state index is -1.00. The van der Waals surface area contributed by atoms with Crippen LogP contribution in [-0.4, -0.2) is 102 Å². The van der Waals surface area contributed by atoms with E-state index in [9.17, 15) is 29.2 Å². The predicted octanol–water partition coefficient (Wildman–Crippen LogP) is 5.34. The Balaban J connectivity index is 0.799. The van der Waals surface area contributed by atoms with Gasteiger partial charge in [0.2, 0.25) is 11.8 Å². The van der Waals surface area contributed by atoms with Crippen molar-refractivity contribution in [2.45, 2.75) is 104 Å². The van der Waals surface area contributed by atoms with Crippen LogP contribution in [0.3, 0.4) is 0 Å². The highest BCUT2D eigenvalue weighted by Gasteiger charge is 2.64. The Morgan fingerprint density at radius 2 is 1.57 bits per heavy atom. The van der Waals surface area contributed by atoms with E-state index in [1.165, 1.54) is 7.11 Å². The van der Waals surface area contributed by atoms with Gasteiger partial charge >= 0.3 is 0 Å². The number of carbonyl (C=O) groups excluding carboxylic acids is 5. The van der Waals surface area contributed by atoms with E-state index in [4.69, 9.17) is 14.2 Å². The van der Waals surface area contributed by atoms with Gasteiger partial charge in [0.15, 0.2) is 0 Å². The van der Waals surface area contributed by atoms with Crippen molar-refractivity contribution in [1.29, 1.82) is 5.26 Å². The van der Waals surface area contributed by atoms with Crippen molar-refractivity contribution in [3.05, 3.63) is 82.9 Å². The second-order valence-corrected chi connectivity index (χ2v) is 18.6. The van der Waals surface area contributed by atoms with E-state index in [0.717, 1.165) is 43.1 Å². The summed E-state index contributed by atoms with van der Waals surface area (Å²) in [5.41, 5.74) is 1.87. The fourth-order valence-electron chi connectivity index (χ4n) is 10.4. The molecule has 14 nitrogen and oxygen atoms in total. The topological polar surface area (TPSA) is 171 Å². The van der Waals surface area contributed by atoms with Crippen LogP contribution in [0.2, 0.25) is 0 Å². The molecule has 2 N–H and O–H groups in total. The lowest BCUT2D eigenvalue weighted by molar-refractivity contribution is -0.164. The summed E-state index contributed by atoms with van der Waals surface area (Å²) in [4.78, 5) is 69.8. The Labute approximate surface area is 356 Å². The van der Waals surface area contributed by atoms with Crippen LogP contribution in [0, 0.1) is 28.1 Å². The number of nitriles is 1. The molecule has 2 saturated carbocycles. The summed E-state index contributed by atoms with van der Waals surface area (Å²) in [6, 6.07) is 19.6. The summed E-state index contributed by atoms with van der Waals surface area (Å²) < 4.78 is 18.1. The van der Waals surface area contributed by atoms with Crippen molar-refractivity contribution in [1.82, 2.24) is 20.4 Å². The highest BCUT2D eigenvalue weighted by molar-refractivity contribution is 6.23. The summed E-state index contributed by atoms with van der Waals surface area (Å²) in [5, 5.41) is 14.9. The fourth-order valence-corrected chi connectivity index (χ4v) is 10.4. The molecular weight excluding hydrogens is 777 g/mol. The van der Waals surface area contributed by atoms with Gasteiger partial charge in [-0.2, -0.15) is 5.26 Å². The molecule has 8 rings (SSSR count). The van der Waals surface area contributed by atoms with Crippen molar-refractivity contribution in [2.24, 2.45) is 16.7 Å². The van der Waals surface area contributed by atoms with E-state index in [0.29, 0.717) is 46.4 Å². The lowest BCUT2D eigenvalue weighted by Crippen LogP contribution is -2.74. The molecule has 4 fully saturated rings. The first-order valence-electron chi connectivity index (χ1n) is 21.2. The third-order valence-corrected chi connectivity index (χ3v) is 13.5. The second-order valence-electron chi connectivity index (χ2n) is 18.6. The minimum absolute atomic E-state index is 0.0222. The monoisotopic (exact) mass is 830 g/mol. The zero-order valence-electron chi connectivity index (χ0n) is 35.8. The maximum Gasteiger partial charge on any atom is 0.262 e. The van der Waals surface area contributed by atoms with Crippen molar-refractivity contribution < 1.29 is 38.2 Å². The summed E-state index contributed by atoms with van der Waals surface area (Å²) in [5.74, 6) is -0.145. The van der Waals surface area contributed by atoms with Gasteiger partial charge in [0.1, 0.15) is 41.6 Å². The van der Waals surface area contributed by atoms with Gasteiger partial charge in [0.05, 0.1) is 23.8 Å². The number of nitrogens with zero attached hydrogens (tertiary/aromatic N) is 4. The molecule has 0 aromatic heterocycles. The van der Waals surface area contributed by atoms with Gasteiger partial charge in [-0.3, -0.25) is 39.1 Å². The van der Waals surface area contributed by atoms with Crippen LogP contribution in [0.5, 0.6) is 17.2 Å². The van der Waals surface area contributed by atoms with Gasteiger partial charge in [0, 0.05) is 91.1 Å². The Bertz CT molecular complexity index is 2290. The number of carbonyl (C=O) groups is 5. The molecule has 3 heterocycles. The quantitative estimate of drug-likeness (QED) is 0.213. The summed E-state index contributed by atoms with van der Waals surface area (Å²) in [6.45, 7) is 15.7. The lowest BCUT2D eigenvalue weighted by atomic mass is 9.49. The van der Waals surface area contributed by atoms with E-state index in [2.05, 4.69) is 68.0 Å². The normalized spacial score (nSPS) is 25.2. The number of anilines is 1. The molecule has 1 atom stereocenters. The van der Waals surface area contributed by atoms with E-state index in [-0.39, 0.29) is 59.0 Å². The molecule has 3 aromatic rings. The predicted molar refractivity (Wildman–Crippen MR) is 225 cm³/mol. The molecule has 2 saturated heterocycles. The number of hydrogen-bond donors (Lipinski definition) is 2. The number of fused-ring (bicyclic) bond motifs is 1. The highest BCUT2D eigenvalue weighted by atomic mass is 16.5. The van der Waals surface area contributed by atoms with Gasteiger partial charge < -0.3 is 24.4 Å². The maximum atomic E-state index is 13.5. The first kappa shape index (κ1) is 41.8. The number of ether oxygens (including phenoxy) is 3. The van der Waals surface area contributed by atoms with Crippen molar-refractivity contribution in [2.75, 3.05) is 31.6 Å². The number of methoxy groups -OCH3 is 1. The average molecular weight is 831 g/mol. The zero-order valence-corrected chi connectivity index (χ0v) is 35.8.